The van der Waals surface area contributed by atoms with Crippen molar-refractivity contribution >= 4 is 23.4 Å². The van der Waals surface area contributed by atoms with Crippen LogP contribution in [0.4, 0.5) is 0 Å². The standard InChI is InChI=1S/C10H9ClN2OS/c11-10-5-12-8(4-13-10)6-15-7-9-2-1-3-14-9/h1-5H,6-7H2. The summed E-state index contributed by atoms with van der Waals surface area (Å²) in [4.78, 5) is 8.11. The Morgan fingerprint density at radius 1 is 1.27 bits per heavy atom. The van der Waals surface area contributed by atoms with Gasteiger partial charge in [0.1, 0.15) is 10.9 Å². The van der Waals surface area contributed by atoms with E-state index in [1.165, 1.54) is 0 Å². The lowest BCUT2D eigenvalue weighted by Gasteiger charge is -1.98. The van der Waals surface area contributed by atoms with Crippen LogP contribution >= 0.6 is 23.4 Å². The van der Waals surface area contributed by atoms with Crippen molar-refractivity contribution in [2.45, 2.75) is 11.5 Å². The number of hydrogen-bond donors (Lipinski definition) is 0. The van der Waals surface area contributed by atoms with Gasteiger partial charge in [0.15, 0.2) is 0 Å². The Labute approximate surface area is 96.9 Å². The zero-order valence-electron chi connectivity index (χ0n) is 7.89. The molecule has 0 fully saturated rings. The highest BCUT2D eigenvalue weighted by Crippen LogP contribution is 2.16. The van der Waals surface area contributed by atoms with Gasteiger partial charge in [-0.3, -0.25) is 4.98 Å². The predicted molar refractivity (Wildman–Crippen MR) is 60.7 cm³/mol. The summed E-state index contributed by atoms with van der Waals surface area (Å²) in [6, 6.07) is 3.85. The number of furan rings is 1. The van der Waals surface area contributed by atoms with Gasteiger partial charge in [-0.15, -0.1) is 11.8 Å². The Morgan fingerprint density at radius 3 is 2.87 bits per heavy atom. The molecule has 5 heteroatoms. The van der Waals surface area contributed by atoms with Crippen LogP contribution in [0.1, 0.15) is 11.5 Å². The number of rotatable bonds is 4. The van der Waals surface area contributed by atoms with Gasteiger partial charge in [0.05, 0.1) is 30.1 Å². The summed E-state index contributed by atoms with van der Waals surface area (Å²) in [5.74, 6) is 2.63. The van der Waals surface area contributed by atoms with E-state index in [9.17, 15) is 0 Å². The summed E-state index contributed by atoms with van der Waals surface area (Å²) in [5.41, 5.74) is 0.927. The lowest BCUT2D eigenvalue weighted by molar-refractivity contribution is 0.530. The van der Waals surface area contributed by atoms with Crippen LogP contribution in [0.15, 0.2) is 35.2 Å². The highest BCUT2D eigenvalue weighted by molar-refractivity contribution is 7.97. The van der Waals surface area contributed by atoms with Crippen LogP contribution in [0.2, 0.25) is 5.15 Å². The van der Waals surface area contributed by atoms with E-state index in [-0.39, 0.29) is 0 Å². The van der Waals surface area contributed by atoms with Gasteiger partial charge in [0, 0.05) is 5.75 Å². The van der Waals surface area contributed by atoms with Gasteiger partial charge in [-0.2, -0.15) is 0 Å². The third kappa shape index (κ3) is 3.25. The molecule has 2 heterocycles. The summed E-state index contributed by atoms with van der Waals surface area (Å²) >= 11 is 7.36. The fourth-order valence-electron chi connectivity index (χ4n) is 1.06. The first-order valence-corrected chi connectivity index (χ1v) is 5.94. The first kappa shape index (κ1) is 10.5. The van der Waals surface area contributed by atoms with Crippen molar-refractivity contribution < 1.29 is 4.42 Å². The smallest absolute Gasteiger partial charge is 0.147 e. The van der Waals surface area contributed by atoms with Crippen LogP contribution in [0.5, 0.6) is 0 Å². The van der Waals surface area contributed by atoms with Gasteiger partial charge in [-0.1, -0.05) is 11.6 Å². The number of thioether (sulfide) groups is 1. The molecule has 2 rings (SSSR count). The predicted octanol–water partition coefficient (Wildman–Crippen LogP) is 3.16. The number of hydrogen-bond acceptors (Lipinski definition) is 4. The molecule has 0 saturated heterocycles. The van der Waals surface area contributed by atoms with Gasteiger partial charge in [-0.25, -0.2) is 4.98 Å². The van der Waals surface area contributed by atoms with E-state index in [4.69, 9.17) is 16.0 Å². The van der Waals surface area contributed by atoms with Crippen LogP contribution in [0.3, 0.4) is 0 Å². The lowest BCUT2D eigenvalue weighted by Crippen LogP contribution is -1.88. The molecule has 0 amide bonds. The second-order valence-electron chi connectivity index (χ2n) is 2.90. The van der Waals surface area contributed by atoms with Crippen molar-refractivity contribution in [3.8, 4) is 0 Å². The maximum Gasteiger partial charge on any atom is 0.147 e. The average molecular weight is 241 g/mol. The monoisotopic (exact) mass is 240 g/mol. The molecule has 0 N–H and O–H groups in total. The topological polar surface area (TPSA) is 38.9 Å². The molecular weight excluding hydrogens is 232 g/mol. The molecule has 0 aliphatic rings. The van der Waals surface area contributed by atoms with E-state index in [1.807, 2.05) is 12.1 Å². The zero-order chi connectivity index (χ0) is 10.5. The Morgan fingerprint density at radius 2 is 2.20 bits per heavy atom. The molecule has 0 bridgehead atoms. The Kier molecular flexibility index (Phi) is 3.64. The van der Waals surface area contributed by atoms with Crippen LogP contribution in [-0.2, 0) is 11.5 Å². The maximum absolute atomic E-state index is 5.63. The van der Waals surface area contributed by atoms with E-state index in [1.54, 1.807) is 30.4 Å². The summed E-state index contributed by atoms with van der Waals surface area (Å²) in [6.45, 7) is 0. The molecule has 0 radical (unpaired) electrons. The van der Waals surface area contributed by atoms with Crippen LogP contribution in [-0.4, -0.2) is 9.97 Å². The second kappa shape index (κ2) is 5.19. The molecule has 2 aromatic heterocycles. The zero-order valence-corrected chi connectivity index (χ0v) is 9.46. The average Bonchev–Trinajstić information content (AvgIpc) is 2.74. The van der Waals surface area contributed by atoms with E-state index in [2.05, 4.69) is 9.97 Å². The molecule has 0 spiro atoms. The minimum absolute atomic E-state index is 0.426. The van der Waals surface area contributed by atoms with E-state index < -0.39 is 0 Å². The molecule has 0 atom stereocenters. The first-order chi connectivity index (χ1) is 7.34. The third-order valence-electron chi connectivity index (χ3n) is 1.75. The largest absolute Gasteiger partial charge is 0.468 e. The van der Waals surface area contributed by atoms with E-state index >= 15 is 0 Å². The minimum atomic E-state index is 0.426. The minimum Gasteiger partial charge on any atom is -0.468 e. The van der Waals surface area contributed by atoms with Crippen molar-refractivity contribution in [1.82, 2.24) is 9.97 Å². The lowest BCUT2D eigenvalue weighted by atomic mass is 10.5. The summed E-state index contributed by atoms with van der Waals surface area (Å²) < 4.78 is 5.21. The van der Waals surface area contributed by atoms with Gasteiger partial charge in [-0.05, 0) is 12.1 Å². The SMILES string of the molecule is Clc1cnc(CSCc2ccco2)cn1. The Bertz CT molecular complexity index is 402. The van der Waals surface area contributed by atoms with Crippen molar-refractivity contribution in [2.75, 3.05) is 0 Å². The van der Waals surface area contributed by atoms with E-state index in [0.717, 1.165) is 23.0 Å². The van der Waals surface area contributed by atoms with Crippen LogP contribution in [0, 0.1) is 0 Å². The first-order valence-electron chi connectivity index (χ1n) is 4.41. The highest BCUT2D eigenvalue weighted by atomic mass is 35.5. The quantitative estimate of drug-likeness (QED) is 0.823. The van der Waals surface area contributed by atoms with Crippen molar-refractivity contribution in [2.24, 2.45) is 0 Å². The van der Waals surface area contributed by atoms with Crippen LogP contribution in [0.25, 0.3) is 0 Å². The fourth-order valence-corrected chi connectivity index (χ4v) is 1.99. The van der Waals surface area contributed by atoms with E-state index in [0.29, 0.717) is 5.15 Å². The molecular formula is C10H9ClN2OS. The Hall–Kier alpha value is -1.00. The normalized spacial score (nSPS) is 10.5. The molecule has 78 valence electrons. The number of halogens is 1. The fraction of sp³-hybridized carbons (Fsp3) is 0.200. The van der Waals surface area contributed by atoms with Gasteiger partial charge >= 0.3 is 0 Å². The molecule has 15 heavy (non-hydrogen) atoms. The maximum atomic E-state index is 5.63. The number of nitrogens with zero attached hydrogens (tertiary/aromatic N) is 2. The molecule has 0 aromatic carbocycles. The highest BCUT2D eigenvalue weighted by Gasteiger charge is 1.99. The van der Waals surface area contributed by atoms with Gasteiger partial charge in [0.2, 0.25) is 0 Å². The van der Waals surface area contributed by atoms with Gasteiger partial charge < -0.3 is 4.42 Å². The number of aromatic nitrogens is 2. The molecule has 0 aliphatic heterocycles. The van der Waals surface area contributed by atoms with Crippen LogP contribution < -0.4 is 0 Å². The van der Waals surface area contributed by atoms with Crippen molar-refractivity contribution in [3.05, 3.63) is 47.4 Å². The Balaban J connectivity index is 1.81. The molecule has 0 aliphatic carbocycles. The summed E-state index contributed by atoms with van der Waals surface area (Å²) in [5, 5.41) is 0.426. The molecule has 2 aromatic rings. The summed E-state index contributed by atoms with van der Waals surface area (Å²) in [7, 11) is 0. The molecule has 3 nitrogen and oxygen atoms in total. The van der Waals surface area contributed by atoms with Crippen molar-refractivity contribution in [1.29, 1.82) is 0 Å². The van der Waals surface area contributed by atoms with Crippen molar-refractivity contribution in [3.63, 3.8) is 0 Å². The summed E-state index contributed by atoms with van der Waals surface area (Å²) in [6.07, 6.45) is 4.93. The molecule has 0 unspecified atom stereocenters. The third-order valence-corrected chi connectivity index (χ3v) is 2.93. The van der Waals surface area contributed by atoms with Gasteiger partial charge in [0.25, 0.3) is 0 Å². The second-order valence-corrected chi connectivity index (χ2v) is 4.28. The molecule has 0 saturated carbocycles.